The second-order valence-corrected chi connectivity index (χ2v) is 4.52. The molecule has 0 saturated carbocycles. The fourth-order valence-corrected chi connectivity index (χ4v) is 1.53. The van der Waals surface area contributed by atoms with Crippen LogP contribution in [0.3, 0.4) is 0 Å². The zero-order chi connectivity index (χ0) is 12.1. The monoisotopic (exact) mass is 241 g/mol. The number of halogens is 1. The molecule has 0 atom stereocenters. The van der Waals surface area contributed by atoms with Crippen LogP contribution in [0, 0.1) is 5.92 Å². The number of carboxylic acids is 1. The summed E-state index contributed by atoms with van der Waals surface area (Å²) >= 11 is 5.96. The Balaban J connectivity index is 2.64. The molecular weight excluding hydrogens is 226 g/mol. The lowest BCUT2D eigenvalue weighted by Crippen LogP contribution is -2.05. The molecule has 0 saturated heterocycles. The van der Waals surface area contributed by atoms with Crippen LogP contribution < -0.4 is 5.32 Å². The molecule has 0 spiro atoms. The highest BCUT2D eigenvalue weighted by atomic mass is 35.5. The number of hydrogen-bond acceptors (Lipinski definition) is 2. The third kappa shape index (κ3) is 3.74. The SMILES string of the molecule is CC(C)CCNc1ccc(C(=O)O)cc1Cl. The Morgan fingerprint density at radius 3 is 2.69 bits per heavy atom. The summed E-state index contributed by atoms with van der Waals surface area (Å²) in [6.07, 6.45) is 1.05. The maximum atomic E-state index is 10.7. The Morgan fingerprint density at radius 1 is 1.50 bits per heavy atom. The van der Waals surface area contributed by atoms with E-state index in [4.69, 9.17) is 16.7 Å². The molecule has 16 heavy (non-hydrogen) atoms. The smallest absolute Gasteiger partial charge is 0.335 e. The summed E-state index contributed by atoms with van der Waals surface area (Å²) in [5, 5.41) is 12.4. The van der Waals surface area contributed by atoms with Gasteiger partial charge in [0, 0.05) is 6.54 Å². The molecule has 2 N–H and O–H groups in total. The molecular formula is C12H16ClNO2. The highest BCUT2D eigenvalue weighted by Gasteiger charge is 2.06. The molecule has 3 nitrogen and oxygen atoms in total. The predicted octanol–water partition coefficient (Wildman–Crippen LogP) is 3.50. The van der Waals surface area contributed by atoms with E-state index < -0.39 is 5.97 Å². The van der Waals surface area contributed by atoms with E-state index in [1.807, 2.05) is 0 Å². The molecule has 0 aliphatic heterocycles. The minimum atomic E-state index is -0.962. The van der Waals surface area contributed by atoms with Crippen molar-refractivity contribution in [2.45, 2.75) is 20.3 Å². The number of rotatable bonds is 5. The number of anilines is 1. The number of nitrogens with one attached hydrogen (secondary N) is 1. The number of aromatic carboxylic acids is 1. The molecule has 0 aromatic heterocycles. The molecule has 0 radical (unpaired) electrons. The van der Waals surface area contributed by atoms with Crippen LogP contribution in [-0.4, -0.2) is 17.6 Å². The quantitative estimate of drug-likeness (QED) is 0.830. The lowest BCUT2D eigenvalue weighted by atomic mass is 10.1. The van der Waals surface area contributed by atoms with Gasteiger partial charge >= 0.3 is 5.97 Å². The minimum Gasteiger partial charge on any atom is -0.478 e. The number of benzene rings is 1. The van der Waals surface area contributed by atoms with Crippen LogP contribution in [0.4, 0.5) is 5.69 Å². The van der Waals surface area contributed by atoms with E-state index in [2.05, 4.69) is 19.2 Å². The molecule has 0 fully saturated rings. The lowest BCUT2D eigenvalue weighted by Gasteiger charge is -2.10. The van der Waals surface area contributed by atoms with E-state index in [1.165, 1.54) is 6.07 Å². The number of hydrogen-bond donors (Lipinski definition) is 2. The van der Waals surface area contributed by atoms with E-state index >= 15 is 0 Å². The molecule has 0 heterocycles. The Morgan fingerprint density at radius 2 is 2.19 bits per heavy atom. The van der Waals surface area contributed by atoms with Gasteiger partial charge in [-0.05, 0) is 30.5 Å². The maximum absolute atomic E-state index is 10.7. The summed E-state index contributed by atoms with van der Waals surface area (Å²) in [6.45, 7) is 5.14. The Bertz CT molecular complexity index is 377. The van der Waals surface area contributed by atoms with Crippen molar-refractivity contribution in [2.24, 2.45) is 5.92 Å². The van der Waals surface area contributed by atoms with Gasteiger partial charge in [-0.3, -0.25) is 0 Å². The third-order valence-electron chi connectivity index (χ3n) is 2.25. The summed E-state index contributed by atoms with van der Waals surface area (Å²) < 4.78 is 0. The fourth-order valence-electron chi connectivity index (χ4n) is 1.29. The van der Waals surface area contributed by atoms with Crippen molar-refractivity contribution in [3.05, 3.63) is 28.8 Å². The van der Waals surface area contributed by atoms with Crippen LogP contribution in [0.15, 0.2) is 18.2 Å². The average molecular weight is 242 g/mol. The summed E-state index contributed by atoms with van der Waals surface area (Å²) in [5.41, 5.74) is 0.992. The summed E-state index contributed by atoms with van der Waals surface area (Å²) in [5.74, 6) is -0.333. The Hall–Kier alpha value is -1.22. The van der Waals surface area contributed by atoms with Crippen molar-refractivity contribution in [3.63, 3.8) is 0 Å². The molecule has 0 aliphatic carbocycles. The van der Waals surface area contributed by atoms with Crippen LogP contribution in [0.25, 0.3) is 0 Å². The number of carbonyl (C=O) groups is 1. The van der Waals surface area contributed by atoms with Gasteiger partial charge in [0.05, 0.1) is 16.3 Å². The first kappa shape index (κ1) is 12.8. The normalized spacial score (nSPS) is 10.5. The molecule has 1 aromatic rings. The molecule has 0 amide bonds. The van der Waals surface area contributed by atoms with Gasteiger partial charge in [0.15, 0.2) is 0 Å². The van der Waals surface area contributed by atoms with Gasteiger partial charge in [0.25, 0.3) is 0 Å². The maximum Gasteiger partial charge on any atom is 0.335 e. The van der Waals surface area contributed by atoms with Crippen LogP contribution in [-0.2, 0) is 0 Å². The second-order valence-electron chi connectivity index (χ2n) is 4.11. The van der Waals surface area contributed by atoms with E-state index in [-0.39, 0.29) is 5.56 Å². The first-order valence-electron chi connectivity index (χ1n) is 5.27. The van der Waals surface area contributed by atoms with Crippen molar-refractivity contribution < 1.29 is 9.90 Å². The molecule has 1 aromatic carbocycles. The van der Waals surface area contributed by atoms with E-state index in [9.17, 15) is 4.79 Å². The molecule has 0 bridgehead atoms. The van der Waals surface area contributed by atoms with Crippen LogP contribution in [0.5, 0.6) is 0 Å². The second kappa shape index (κ2) is 5.75. The largest absolute Gasteiger partial charge is 0.478 e. The average Bonchev–Trinajstić information content (AvgIpc) is 2.19. The zero-order valence-electron chi connectivity index (χ0n) is 9.46. The molecule has 0 unspecified atom stereocenters. The van der Waals surface area contributed by atoms with Gasteiger partial charge in [0.2, 0.25) is 0 Å². The topological polar surface area (TPSA) is 49.3 Å². The molecule has 88 valence electrons. The highest BCUT2D eigenvalue weighted by molar-refractivity contribution is 6.33. The number of carboxylic acid groups (broad SMARTS) is 1. The van der Waals surface area contributed by atoms with Crippen molar-refractivity contribution >= 4 is 23.3 Å². The van der Waals surface area contributed by atoms with Gasteiger partial charge in [-0.15, -0.1) is 0 Å². The summed E-state index contributed by atoms with van der Waals surface area (Å²) in [7, 11) is 0. The van der Waals surface area contributed by atoms with Crippen molar-refractivity contribution in [1.29, 1.82) is 0 Å². The minimum absolute atomic E-state index is 0.208. The Kier molecular flexibility index (Phi) is 4.62. The van der Waals surface area contributed by atoms with E-state index in [0.29, 0.717) is 10.9 Å². The van der Waals surface area contributed by atoms with Crippen molar-refractivity contribution in [3.8, 4) is 0 Å². The predicted molar refractivity (Wildman–Crippen MR) is 66.4 cm³/mol. The summed E-state index contributed by atoms with van der Waals surface area (Å²) in [6, 6.07) is 4.71. The lowest BCUT2D eigenvalue weighted by molar-refractivity contribution is 0.0697. The van der Waals surface area contributed by atoms with Crippen molar-refractivity contribution in [2.75, 3.05) is 11.9 Å². The van der Waals surface area contributed by atoms with Crippen LogP contribution in [0.1, 0.15) is 30.6 Å². The zero-order valence-corrected chi connectivity index (χ0v) is 10.2. The third-order valence-corrected chi connectivity index (χ3v) is 2.57. The first-order chi connectivity index (χ1) is 7.50. The van der Waals surface area contributed by atoms with Gasteiger partial charge in [-0.25, -0.2) is 4.79 Å². The first-order valence-corrected chi connectivity index (χ1v) is 5.65. The van der Waals surface area contributed by atoms with Gasteiger partial charge in [-0.1, -0.05) is 25.4 Å². The molecule has 1 rings (SSSR count). The highest BCUT2D eigenvalue weighted by Crippen LogP contribution is 2.23. The van der Waals surface area contributed by atoms with E-state index in [0.717, 1.165) is 18.7 Å². The molecule has 0 aliphatic rings. The fraction of sp³-hybridized carbons (Fsp3) is 0.417. The molecule has 4 heteroatoms. The van der Waals surface area contributed by atoms with E-state index in [1.54, 1.807) is 12.1 Å². The standard InChI is InChI=1S/C12H16ClNO2/c1-8(2)5-6-14-11-4-3-9(12(15)16)7-10(11)13/h3-4,7-8,14H,5-6H2,1-2H3,(H,15,16). The van der Waals surface area contributed by atoms with Crippen LogP contribution in [0.2, 0.25) is 5.02 Å². The summed E-state index contributed by atoms with van der Waals surface area (Å²) in [4.78, 5) is 10.7. The van der Waals surface area contributed by atoms with Gasteiger partial charge in [0.1, 0.15) is 0 Å². The van der Waals surface area contributed by atoms with Crippen LogP contribution >= 0.6 is 11.6 Å². The van der Waals surface area contributed by atoms with Crippen molar-refractivity contribution in [1.82, 2.24) is 0 Å². The van der Waals surface area contributed by atoms with Gasteiger partial charge < -0.3 is 10.4 Å². The Labute approximate surface area is 100 Å². The van der Waals surface area contributed by atoms with Gasteiger partial charge in [-0.2, -0.15) is 0 Å².